The molecule has 0 saturated carbocycles. The summed E-state index contributed by atoms with van der Waals surface area (Å²) in [6.45, 7) is 7.39. The molecule has 2 aliphatic rings. The zero-order valence-corrected chi connectivity index (χ0v) is 16.2. The fourth-order valence-electron chi connectivity index (χ4n) is 5.12. The number of nitrogens with zero attached hydrogens (tertiary/aromatic N) is 2. The van der Waals surface area contributed by atoms with Crippen molar-refractivity contribution in [3.8, 4) is 0 Å². The number of rotatable bonds is 5. The number of methoxy groups -OCH3 is 1. The summed E-state index contributed by atoms with van der Waals surface area (Å²) >= 11 is 0. The number of carbonyl (C=O) groups is 1. The van der Waals surface area contributed by atoms with Gasteiger partial charge in [-0.15, -0.1) is 0 Å². The lowest BCUT2D eigenvalue weighted by Gasteiger charge is -2.32. The predicted octanol–water partition coefficient (Wildman–Crippen LogP) is 3.18. The summed E-state index contributed by atoms with van der Waals surface area (Å²) in [6, 6.07) is 21.0. The molecule has 27 heavy (non-hydrogen) atoms. The van der Waals surface area contributed by atoms with Crippen LogP contribution in [0.5, 0.6) is 0 Å². The van der Waals surface area contributed by atoms with Gasteiger partial charge in [0.15, 0.2) is 0 Å². The number of hydrogen-bond donors (Lipinski definition) is 0. The highest BCUT2D eigenvalue weighted by Gasteiger charge is 2.64. The molecule has 0 bridgehead atoms. The van der Waals surface area contributed by atoms with Crippen LogP contribution in [0, 0.1) is 10.8 Å². The number of ether oxygens (including phenoxy) is 1. The number of likely N-dealkylation sites (tertiary alicyclic amines) is 2. The maximum absolute atomic E-state index is 12.9. The highest BCUT2D eigenvalue weighted by atomic mass is 16.5. The summed E-state index contributed by atoms with van der Waals surface area (Å²) in [7, 11) is 1.53. The molecule has 4 nitrogen and oxygen atoms in total. The molecule has 4 rings (SSSR count). The molecule has 2 heterocycles. The van der Waals surface area contributed by atoms with E-state index in [2.05, 4.69) is 65.3 Å². The molecule has 4 heteroatoms. The lowest BCUT2D eigenvalue weighted by Crippen LogP contribution is -2.45. The Bertz CT molecular complexity index is 737. The molecule has 0 atom stereocenters. The van der Waals surface area contributed by atoms with Gasteiger partial charge in [0.05, 0.1) is 7.11 Å². The third-order valence-corrected chi connectivity index (χ3v) is 6.36. The molecule has 2 aromatic carbocycles. The topological polar surface area (TPSA) is 32.8 Å². The molecule has 2 fully saturated rings. The molecule has 0 spiro atoms. The highest BCUT2D eigenvalue weighted by molar-refractivity contribution is 5.80. The van der Waals surface area contributed by atoms with Gasteiger partial charge >= 0.3 is 5.97 Å². The number of fused-ring (bicyclic) bond motifs is 1. The molecular weight excluding hydrogens is 336 g/mol. The van der Waals surface area contributed by atoms with Crippen LogP contribution in [-0.2, 0) is 22.6 Å². The standard InChI is InChI=1S/C23H28N2O2/c1-22-15-24(13-19-9-5-3-6-10-19)17-23(22,21(26)27-2)18-25(16-22)14-20-11-7-4-8-12-20/h3-12H,13-18H2,1-2H3. The van der Waals surface area contributed by atoms with Crippen LogP contribution >= 0.6 is 0 Å². The average Bonchev–Trinajstić information content (AvgIpc) is 3.09. The second-order valence-electron chi connectivity index (χ2n) is 8.40. The van der Waals surface area contributed by atoms with E-state index >= 15 is 0 Å². The van der Waals surface area contributed by atoms with E-state index in [1.807, 2.05) is 12.1 Å². The Morgan fingerprint density at radius 2 is 1.30 bits per heavy atom. The minimum absolute atomic E-state index is 0.0591. The summed E-state index contributed by atoms with van der Waals surface area (Å²) in [5.41, 5.74) is 2.04. The normalized spacial score (nSPS) is 28.2. The summed E-state index contributed by atoms with van der Waals surface area (Å²) in [6.07, 6.45) is 0. The van der Waals surface area contributed by atoms with Gasteiger partial charge in [-0.25, -0.2) is 0 Å². The Balaban J connectivity index is 1.54. The van der Waals surface area contributed by atoms with Crippen LogP contribution < -0.4 is 0 Å². The third kappa shape index (κ3) is 3.28. The summed E-state index contributed by atoms with van der Waals surface area (Å²) in [5, 5.41) is 0. The molecule has 2 aliphatic heterocycles. The van der Waals surface area contributed by atoms with Crippen LogP contribution in [0.4, 0.5) is 0 Å². The third-order valence-electron chi connectivity index (χ3n) is 6.36. The lowest BCUT2D eigenvalue weighted by molar-refractivity contribution is -0.155. The largest absolute Gasteiger partial charge is 0.468 e. The Hall–Kier alpha value is -2.17. The van der Waals surface area contributed by atoms with Crippen molar-refractivity contribution in [2.45, 2.75) is 20.0 Å². The molecule has 2 aromatic rings. The first-order valence-corrected chi connectivity index (χ1v) is 9.66. The van der Waals surface area contributed by atoms with E-state index in [9.17, 15) is 4.79 Å². The van der Waals surface area contributed by atoms with Gasteiger partial charge in [-0.2, -0.15) is 0 Å². The van der Waals surface area contributed by atoms with Crippen molar-refractivity contribution in [3.05, 3.63) is 71.8 Å². The molecule has 0 N–H and O–H groups in total. The second-order valence-corrected chi connectivity index (χ2v) is 8.40. The zero-order chi connectivity index (χ0) is 18.9. The van der Waals surface area contributed by atoms with Crippen molar-refractivity contribution < 1.29 is 9.53 Å². The van der Waals surface area contributed by atoms with E-state index < -0.39 is 5.41 Å². The van der Waals surface area contributed by atoms with Gasteiger partial charge in [0.2, 0.25) is 0 Å². The van der Waals surface area contributed by atoms with E-state index in [1.54, 1.807) is 0 Å². The number of esters is 1. The van der Waals surface area contributed by atoms with Gasteiger partial charge in [0, 0.05) is 44.7 Å². The molecule has 0 radical (unpaired) electrons. The molecule has 0 unspecified atom stereocenters. The molecule has 0 amide bonds. The smallest absolute Gasteiger partial charge is 0.315 e. The maximum Gasteiger partial charge on any atom is 0.315 e. The van der Waals surface area contributed by atoms with Gasteiger partial charge in [-0.3, -0.25) is 14.6 Å². The van der Waals surface area contributed by atoms with Gasteiger partial charge < -0.3 is 4.74 Å². The van der Waals surface area contributed by atoms with Crippen molar-refractivity contribution in [2.75, 3.05) is 33.3 Å². The first-order valence-electron chi connectivity index (χ1n) is 9.66. The van der Waals surface area contributed by atoms with E-state index in [1.165, 1.54) is 18.2 Å². The Kier molecular flexibility index (Phi) is 4.79. The number of benzene rings is 2. The lowest BCUT2D eigenvalue weighted by atomic mass is 9.69. The summed E-state index contributed by atoms with van der Waals surface area (Å²) in [5.74, 6) is -0.0591. The monoisotopic (exact) mass is 364 g/mol. The van der Waals surface area contributed by atoms with Crippen LogP contribution in [0.2, 0.25) is 0 Å². The van der Waals surface area contributed by atoms with E-state index in [4.69, 9.17) is 4.74 Å². The van der Waals surface area contributed by atoms with Crippen molar-refractivity contribution in [1.82, 2.24) is 9.80 Å². The fourth-order valence-corrected chi connectivity index (χ4v) is 5.12. The van der Waals surface area contributed by atoms with Crippen LogP contribution in [0.1, 0.15) is 18.1 Å². The number of carbonyl (C=O) groups excluding carboxylic acids is 1. The van der Waals surface area contributed by atoms with Crippen LogP contribution in [0.3, 0.4) is 0 Å². The van der Waals surface area contributed by atoms with Crippen LogP contribution in [-0.4, -0.2) is 49.1 Å². The molecule has 142 valence electrons. The number of hydrogen-bond acceptors (Lipinski definition) is 4. The first kappa shape index (κ1) is 18.2. The van der Waals surface area contributed by atoms with E-state index in [-0.39, 0.29) is 11.4 Å². The predicted molar refractivity (Wildman–Crippen MR) is 106 cm³/mol. The quantitative estimate of drug-likeness (QED) is 0.763. The molecule has 0 aromatic heterocycles. The van der Waals surface area contributed by atoms with Gasteiger partial charge in [-0.1, -0.05) is 67.6 Å². The molecular formula is C23H28N2O2. The summed E-state index contributed by atoms with van der Waals surface area (Å²) in [4.78, 5) is 17.8. The van der Waals surface area contributed by atoms with Crippen molar-refractivity contribution in [3.63, 3.8) is 0 Å². The van der Waals surface area contributed by atoms with Crippen LogP contribution in [0.15, 0.2) is 60.7 Å². The first-order chi connectivity index (χ1) is 13.0. The van der Waals surface area contributed by atoms with E-state index in [0.717, 1.165) is 39.3 Å². The highest BCUT2D eigenvalue weighted by Crippen LogP contribution is 2.53. The SMILES string of the molecule is COC(=O)C12CN(Cc3ccccc3)CC1(C)CN(Cc1ccccc1)C2. The second kappa shape index (κ2) is 7.10. The molecule has 0 aliphatic carbocycles. The zero-order valence-electron chi connectivity index (χ0n) is 16.2. The Morgan fingerprint density at radius 1 is 0.852 bits per heavy atom. The average molecular weight is 364 g/mol. The Morgan fingerprint density at radius 3 is 1.70 bits per heavy atom. The van der Waals surface area contributed by atoms with E-state index in [0.29, 0.717) is 0 Å². The minimum Gasteiger partial charge on any atom is -0.468 e. The molecule has 2 saturated heterocycles. The van der Waals surface area contributed by atoms with Gasteiger partial charge in [0.1, 0.15) is 5.41 Å². The van der Waals surface area contributed by atoms with Gasteiger partial charge in [0.25, 0.3) is 0 Å². The maximum atomic E-state index is 12.9. The van der Waals surface area contributed by atoms with Crippen molar-refractivity contribution in [2.24, 2.45) is 10.8 Å². The van der Waals surface area contributed by atoms with Gasteiger partial charge in [-0.05, 0) is 11.1 Å². The van der Waals surface area contributed by atoms with Crippen molar-refractivity contribution >= 4 is 5.97 Å². The Labute approximate surface area is 161 Å². The van der Waals surface area contributed by atoms with Crippen LogP contribution in [0.25, 0.3) is 0 Å². The van der Waals surface area contributed by atoms with Crippen molar-refractivity contribution in [1.29, 1.82) is 0 Å². The minimum atomic E-state index is -0.453. The summed E-state index contributed by atoms with van der Waals surface area (Å²) < 4.78 is 5.31. The fraction of sp³-hybridized carbons (Fsp3) is 0.435.